The molecular formula is C19H12N2. The SMILES string of the molecule is C1=CC(c2c3ccccc4ccc(c5ccnc25)c43)N=C1. The minimum absolute atomic E-state index is 0.0762. The summed E-state index contributed by atoms with van der Waals surface area (Å²) in [7, 11) is 0. The van der Waals surface area contributed by atoms with Gasteiger partial charge in [0.15, 0.2) is 0 Å². The van der Waals surface area contributed by atoms with E-state index in [1.54, 1.807) is 0 Å². The Hall–Kier alpha value is -2.74. The van der Waals surface area contributed by atoms with Crippen LogP contribution in [0.15, 0.2) is 65.8 Å². The van der Waals surface area contributed by atoms with Crippen molar-refractivity contribution in [1.82, 2.24) is 4.98 Å². The van der Waals surface area contributed by atoms with Crippen molar-refractivity contribution in [3.8, 4) is 0 Å². The second kappa shape index (κ2) is 3.89. The van der Waals surface area contributed by atoms with Crippen molar-refractivity contribution in [2.24, 2.45) is 4.99 Å². The predicted molar refractivity (Wildman–Crippen MR) is 88.3 cm³/mol. The van der Waals surface area contributed by atoms with Gasteiger partial charge in [-0.3, -0.25) is 9.98 Å². The molecule has 1 unspecified atom stereocenters. The Bertz CT molecular complexity index is 1030. The van der Waals surface area contributed by atoms with Gasteiger partial charge in [0.1, 0.15) is 0 Å². The molecular weight excluding hydrogens is 256 g/mol. The number of rotatable bonds is 1. The Morgan fingerprint density at radius 1 is 0.857 bits per heavy atom. The molecule has 2 heteroatoms. The lowest BCUT2D eigenvalue weighted by Crippen LogP contribution is -1.93. The molecule has 0 amide bonds. The Kier molecular flexibility index (Phi) is 2.03. The molecule has 1 atom stereocenters. The molecule has 0 spiro atoms. The zero-order chi connectivity index (χ0) is 13.8. The van der Waals surface area contributed by atoms with Crippen LogP contribution in [-0.2, 0) is 0 Å². The predicted octanol–water partition coefficient (Wildman–Crippen LogP) is 4.66. The number of aromatic nitrogens is 1. The molecule has 0 N–H and O–H groups in total. The summed E-state index contributed by atoms with van der Waals surface area (Å²) in [6, 6.07) is 15.2. The summed E-state index contributed by atoms with van der Waals surface area (Å²) in [6.07, 6.45) is 7.93. The third kappa shape index (κ3) is 1.37. The minimum Gasteiger partial charge on any atom is -0.281 e. The topological polar surface area (TPSA) is 25.2 Å². The van der Waals surface area contributed by atoms with Gasteiger partial charge in [-0.05, 0) is 33.7 Å². The van der Waals surface area contributed by atoms with E-state index in [1.165, 1.54) is 32.5 Å². The van der Waals surface area contributed by atoms with E-state index in [0.29, 0.717) is 0 Å². The molecule has 98 valence electrons. The zero-order valence-corrected chi connectivity index (χ0v) is 11.3. The summed E-state index contributed by atoms with van der Waals surface area (Å²) in [5.74, 6) is 0. The molecule has 0 saturated carbocycles. The number of benzene rings is 1. The molecule has 0 aliphatic carbocycles. The summed E-state index contributed by atoms with van der Waals surface area (Å²) < 4.78 is 0. The Balaban J connectivity index is 2.11. The molecule has 5 rings (SSSR count). The molecule has 0 radical (unpaired) electrons. The normalized spacial score (nSPS) is 17.6. The van der Waals surface area contributed by atoms with Crippen molar-refractivity contribution in [3.63, 3.8) is 0 Å². The van der Waals surface area contributed by atoms with Crippen LogP contribution in [-0.4, -0.2) is 11.2 Å². The second-order valence-electron chi connectivity index (χ2n) is 5.46. The van der Waals surface area contributed by atoms with E-state index in [-0.39, 0.29) is 6.04 Å². The van der Waals surface area contributed by atoms with Gasteiger partial charge in [-0.25, -0.2) is 0 Å². The fourth-order valence-electron chi connectivity index (χ4n) is 3.49. The van der Waals surface area contributed by atoms with Gasteiger partial charge in [-0.2, -0.15) is 0 Å². The first-order valence-corrected chi connectivity index (χ1v) is 7.15. The van der Waals surface area contributed by atoms with Gasteiger partial charge in [-0.1, -0.05) is 42.5 Å². The first-order valence-electron chi connectivity index (χ1n) is 7.15. The highest BCUT2D eigenvalue weighted by Gasteiger charge is 2.20. The molecule has 2 nitrogen and oxygen atoms in total. The minimum atomic E-state index is 0.0762. The van der Waals surface area contributed by atoms with Gasteiger partial charge in [0.2, 0.25) is 0 Å². The summed E-state index contributed by atoms with van der Waals surface area (Å²) in [5, 5.41) is 6.38. The van der Waals surface area contributed by atoms with Crippen molar-refractivity contribution < 1.29 is 0 Å². The Labute approximate surface area is 121 Å². The molecule has 21 heavy (non-hydrogen) atoms. The molecule has 3 aromatic carbocycles. The van der Waals surface area contributed by atoms with E-state index in [0.717, 1.165) is 5.52 Å². The third-order valence-corrected chi connectivity index (χ3v) is 4.36. The van der Waals surface area contributed by atoms with Gasteiger partial charge in [-0.15, -0.1) is 0 Å². The van der Waals surface area contributed by atoms with Crippen LogP contribution >= 0.6 is 0 Å². The number of hydrogen-bond acceptors (Lipinski definition) is 2. The largest absolute Gasteiger partial charge is 0.281 e. The van der Waals surface area contributed by atoms with Crippen LogP contribution in [0.2, 0.25) is 0 Å². The standard InChI is InChI=1S/C19H12N2/c1-2-5-15-17-12(4-1)7-8-13(17)14-9-11-21-19(14)18(15)16-6-3-10-20-16/h1-11,16H. The van der Waals surface area contributed by atoms with Crippen LogP contribution in [0.1, 0.15) is 11.6 Å². The lowest BCUT2D eigenvalue weighted by atomic mass is 9.95. The second-order valence-corrected chi connectivity index (χ2v) is 5.46. The summed E-state index contributed by atoms with van der Waals surface area (Å²) >= 11 is 0. The van der Waals surface area contributed by atoms with Crippen molar-refractivity contribution >= 4 is 38.7 Å². The third-order valence-electron chi connectivity index (χ3n) is 4.36. The average molecular weight is 268 g/mol. The van der Waals surface area contributed by atoms with Crippen LogP contribution in [0.25, 0.3) is 32.4 Å². The fraction of sp³-hybridized carbons (Fsp3) is 0.0526. The number of hydrogen-bond donors (Lipinski definition) is 0. The summed E-state index contributed by atoms with van der Waals surface area (Å²) in [6.45, 7) is 0. The Morgan fingerprint density at radius 3 is 2.71 bits per heavy atom. The molecule has 4 aromatic rings. The van der Waals surface area contributed by atoms with Gasteiger partial charge >= 0.3 is 0 Å². The van der Waals surface area contributed by atoms with Crippen LogP contribution in [0.3, 0.4) is 0 Å². The maximum Gasteiger partial charge on any atom is 0.0960 e. The molecule has 1 aliphatic heterocycles. The number of fused-ring (bicyclic) bond motifs is 2. The first-order chi connectivity index (χ1) is 10.4. The van der Waals surface area contributed by atoms with Gasteiger partial charge in [0, 0.05) is 23.4 Å². The molecule has 1 aromatic heterocycles. The first kappa shape index (κ1) is 11.0. The van der Waals surface area contributed by atoms with E-state index in [4.69, 9.17) is 0 Å². The zero-order valence-electron chi connectivity index (χ0n) is 11.3. The molecule has 1 aliphatic rings. The average Bonchev–Trinajstić information content (AvgIpc) is 3.20. The molecule has 0 fully saturated rings. The van der Waals surface area contributed by atoms with Gasteiger partial charge < -0.3 is 0 Å². The monoisotopic (exact) mass is 268 g/mol. The summed E-state index contributed by atoms with van der Waals surface area (Å²) in [5.41, 5.74) is 2.30. The van der Waals surface area contributed by atoms with E-state index in [9.17, 15) is 0 Å². The van der Waals surface area contributed by atoms with Gasteiger partial charge in [0.25, 0.3) is 0 Å². The highest BCUT2D eigenvalue weighted by molar-refractivity contribution is 6.23. The lowest BCUT2D eigenvalue weighted by molar-refractivity contribution is 0.954. The number of allylic oxidation sites excluding steroid dienone is 1. The molecule has 2 heterocycles. The van der Waals surface area contributed by atoms with Crippen LogP contribution in [0.4, 0.5) is 0 Å². The molecule has 0 saturated heterocycles. The fourth-order valence-corrected chi connectivity index (χ4v) is 3.49. The van der Waals surface area contributed by atoms with E-state index in [1.807, 2.05) is 18.5 Å². The lowest BCUT2D eigenvalue weighted by Gasteiger charge is -2.11. The Morgan fingerprint density at radius 2 is 1.81 bits per heavy atom. The van der Waals surface area contributed by atoms with Crippen LogP contribution in [0, 0.1) is 0 Å². The maximum absolute atomic E-state index is 4.62. The van der Waals surface area contributed by atoms with Crippen LogP contribution < -0.4 is 0 Å². The van der Waals surface area contributed by atoms with Crippen molar-refractivity contribution in [2.45, 2.75) is 6.04 Å². The highest BCUT2D eigenvalue weighted by Crippen LogP contribution is 2.41. The number of nitrogens with zero attached hydrogens (tertiary/aromatic N) is 2. The van der Waals surface area contributed by atoms with E-state index >= 15 is 0 Å². The van der Waals surface area contributed by atoms with E-state index < -0.39 is 0 Å². The summed E-state index contributed by atoms with van der Waals surface area (Å²) in [4.78, 5) is 9.21. The quantitative estimate of drug-likeness (QED) is 0.493. The van der Waals surface area contributed by atoms with Crippen molar-refractivity contribution in [1.29, 1.82) is 0 Å². The smallest absolute Gasteiger partial charge is 0.0960 e. The van der Waals surface area contributed by atoms with Crippen molar-refractivity contribution in [3.05, 3.63) is 66.4 Å². The van der Waals surface area contributed by atoms with Crippen molar-refractivity contribution in [2.75, 3.05) is 0 Å². The highest BCUT2D eigenvalue weighted by atomic mass is 14.8. The maximum atomic E-state index is 4.62. The van der Waals surface area contributed by atoms with E-state index in [2.05, 4.69) is 58.5 Å². The number of aliphatic imine (C=N–C) groups is 1. The molecule has 0 bridgehead atoms. The van der Waals surface area contributed by atoms with Crippen LogP contribution in [0.5, 0.6) is 0 Å². The van der Waals surface area contributed by atoms with Gasteiger partial charge in [0.05, 0.1) is 11.6 Å².